The Hall–Kier alpha value is -4.57. The second-order valence-corrected chi connectivity index (χ2v) is 8.64. The number of para-hydroxylation sites is 1. The molecule has 0 fully saturated rings. The fourth-order valence-corrected chi connectivity index (χ4v) is 4.27. The lowest BCUT2D eigenvalue weighted by atomic mass is 9.96. The van der Waals surface area contributed by atoms with Gasteiger partial charge in [0.25, 0.3) is 0 Å². The zero-order valence-corrected chi connectivity index (χ0v) is 21.1. The predicted molar refractivity (Wildman–Crippen MR) is 143 cm³/mol. The fraction of sp³-hybridized carbons (Fsp3) is 0.233. The van der Waals surface area contributed by atoms with Gasteiger partial charge in [0.1, 0.15) is 17.9 Å². The number of ether oxygens (including phenoxy) is 2. The van der Waals surface area contributed by atoms with E-state index in [4.69, 9.17) is 14.5 Å². The minimum Gasteiger partial charge on any atom is -0.501 e. The van der Waals surface area contributed by atoms with E-state index in [1.54, 1.807) is 14.0 Å². The second kappa shape index (κ2) is 11.4. The van der Waals surface area contributed by atoms with Gasteiger partial charge in [-0.2, -0.15) is 5.26 Å². The number of fused-ring (bicyclic) bond motifs is 1. The van der Waals surface area contributed by atoms with Gasteiger partial charge in [-0.15, -0.1) is 0 Å². The van der Waals surface area contributed by atoms with Crippen LogP contribution in [0.5, 0.6) is 5.75 Å². The van der Waals surface area contributed by atoms with Gasteiger partial charge in [0.15, 0.2) is 0 Å². The van der Waals surface area contributed by atoms with Crippen LogP contribution in [0.3, 0.4) is 0 Å². The first-order chi connectivity index (χ1) is 17.9. The van der Waals surface area contributed by atoms with Crippen LogP contribution in [0.25, 0.3) is 11.1 Å². The highest BCUT2D eigenvalue weighted by atomic mass is 16.5. The molecule has 1 aliphatic carbocycles. The van der Waals surface area contributed by atoms with Crippen LogP contribution in [0.2, 0.25) is 0 Å². The number of allylic oxidation sites excluding steroid dienone is 6. The number of methoxy groups -OCH3 is 1. The number of carbonyl (C=O) groups is 1. The normalized spacial score (nSPS) is 15.9. The number of aliphatic imine (C=N–C) groups is 1. The lowest BCUT2D eigenvalue weighted by Crippen LogP contribution is -2.34. The molecule has 1 heterocycles. The van der Waals surface area contributed by atoms with E-state index in [-0.39, 0.29) is 0 Å². The van der Waals surface area contributed by atoms with Crippen molar-refractivity contribution in [3.8, 4) is 22.9 Å². The molecule has 1 atom stereocenters. The first-order valence-corrected chi connectivity index (χ1v) is 12.1. The van der Waals surface area contributed by atoms with Crippen LogP contribution < -0.4 is 10.1 Å². The van der Waals surface area contributed by atoms with E-state index in [0.29, 0.717) is 42.1 Å². The summed E-state index contributed by atoms with van der Waals surface area (Å²) in [6.07, 6.45) is 6.69. The summed E-state index contributed by atoms with van der Waals surface area (Å²) in [5.41, 5.74) is 5.63. The molecule has 0 amide bonds. The SMILES string of the molecule is CCOc1ccccc1-c1ccc(C2=NC3=CC=C(OC)CC=C3CC(NC(C)C(=O)O)=C2C#N)cc1. The van der Waals surface area contributed by atoms with Crippen LogP contribution in [0.4, 0.5) is 0 Å². The lowest BCUT2D eigenvalue weighted by Gasteiger charge is -2.16. The van der Waals surface area contributed by atoms with E-state index in [9.17, 15) is 15.2 Å². The number of hydrogen-bond donors (Lipinski definition) is 2. The van der Waals surface area contributed by atoms with Crippen molar-refractivity contribution in [2.75, 3.05) is 13.7 Å². The highest BCUT2D eigenvalue weighted by Crippen LogP contribution is 2.33. The molecule has 2 N–H and O–H groups in total. The molecule has 0 saturated carbocycles. The molecule has 0 aromatic heterocycles. The molecular weight excluding hydrogens is 466 g/mol. The van der Waals surface area contributed by atoms with Crippen LogP contribution in [0.1, 0.15) is 32.3 Å². The van der Waals surface area contributed by atoms with E-state index in [1.165, 1.54) is 0 Å². The molecule has 0 saturated heterocycles. The first kappa shape index (κ1) is 25.5. The number of hydrogen-bond acceptors (Lipinski definition) is 6. The molecule has 7 nitrogen and oxygen atoms in total. The summed E-state index contributed by atoms with van der Waals surface area (Å²) in [5, 5.41) is 22.8. The second-order valence-electron chi connectivity index (χ2n) is 8.64. The molecule has 7 heteroatoms. The molecule has 1 aliphatic heterocycles. The third-order valence-electron chi connectivity index (χ3n) is 6.24. The Morgan fingerprint density at radius 3 is 2.57 bits per heavy atom. The predicted octanol–water partition coefficient (Wildman–Crippen LogP) is 5.53. The number of aliphatic carboxylic acids is 1. The number of carboxylic acids is 1. The van der Waals surface area contributed by atoms with Gasteiger partial charge in [-0.25, -0.2) is 4.99 Å². The minimum absolute atomic E-state index is 0.321. The van der Waals surface area contributed by atoms with Crippen molar-refractivity contribution >= 4 is 11.7 Å². The number of nitrogens with zero attached hydrogens (tertiary/aromatic N) is 2. The third-order valence-corrected chi connectivity index (χ3v) is 6.24. The molecule has 0 radical (unpaired) electrons. The van der Waals surface area contributed by atoms with Gasteiger partial charge in [-0.1, -0.05) is 48.5 Å². The van der Waals surface area contributed by atoms with Crippen molar-refractivity contribution in [3.05, 3.63) is 101 Å². The molecule has 2 aromatic carbocycles. The summed E-state index contributed by atoms with van der Waals surface area (Å²) in [6, 6.07) is 17.1. The van der Waals surface area contributed by atoms with Crippen LogP contribution in [-0.2, 0) is 9.53 Å². The maximum Gasteiger partial charge on any atom is 0.325 e. The van der Waals surface area contributed by atoms with E-state index in [1.807, 2.05) is 73.7 Å². The molecule has 37 heavy (non-hydrogen) atoms. The molecule has 188 valence electrons. The minimum atomic E-state index is -1.00. The van der Waals surface area contributed by atoms with Gasteiger partial charge in [0, 0.05) is 29.7 Å². The van der Waals surface area contributed by atoms with Crippen molar-refractivity contribution in [1.29, 1.82) is 5.26 Å². The summed E-state index contributed by atoms with van der Waals surface area (Å²) in [4.78, 5) is 16.5. The fourth-order valence-electron chi connectivity index (χ4n) is 4.27. The van der Waals surface area contributed by atoms with Crippen LogP contribution in [0.15, 0.2) is 100 Å². The maximum absolute atomic E-state index is 11.6. The topological polar surface area (TPSA) is 104 Å². The summed E-state index contributed by atoms with van der Waals surface area (Å²) in [6.45, 7) is 4.07. The van der Waals surface area contributed by atoms with Gasteiger partial charge >= 0.3 is 5.97 Å². The van der Waals surface area contributed by atoms with Crippen molar-refractivity contribution in [2.24, 2.45) is 4.99 Å². The van der Waals surface area contributed by atoms with Gasteiger partial charge in [0.05, 0.1) is 36.5 Å². The largest absolute Gasteiger partial charge is 0.501 e. The average molecular weight is 496 g/mol. The number of nitriles is 1. The Labute approximate surface area is 216 Å². The number of nitrogens with one attached hydrogen (secondary N) is 1. The monoisotopic (exact) mass is 495 g/mol. The zero-order chi connectivity index (χ0) is 26.4. The molecule has 4 rings (SSSR count). The number of carboxylic acid groups (broad SMARTS) is 1. The van der Waals surface area contributed by atoms with Crippen LogP contribution in [-0.4, -0.2) is 36.5 Å². The van der Waals surface area contributed by atoms with E-state index in [0.717, 1.165) is 33.8 Å². The van der Waals surface area contributed by atoms with Crippen LogP contribution >= 0.6 is 0 Å². The average Bonchev–Trinajstić information content (AvgIpc) is 3.19. The Kier molecular flexibility index (Phi) is 7.89. The van der Waals surface area contributed by atoms with E-state index >= 15 is 0 Å². The maximum atomic E-state index is 11.6. The summed E-state index contributed by atoms with van der Waals surface area (Å²) in [7, 11) is 1.62. The third kappa shape index (κ3) is 5.65. The molecule has 0 bridgehead atoms. The smallest absolute Gasteiger partial charge is 0.325 e. The van der Waals surface area contributed by atoms with Gasteiger partial charge < -0.3 is 19.9 Å². The number of benzene rings is 2. The van der Waals surface area contributed by atoms with Gasteiger partial charge in [-0.05, 0) is 43.2 Å². The summed E-state index contributed by atoms with van der Waals surface area (Å²) >= 11 is 0. The van der Waals surface area contributed by atoms with Crippen molar-refractivity contribution in [1.82, 2.24) is 5.32 Å². The number of rotatable bonds is 8. The zero-order valence-electron chi connectivity index (χ0n) is 21.1. The molecule has 2 aromatic rings. The highest BCUT2D eigenvalue weighted by molar-refractivity contribution is 6.16. The first-order valence-electron chi connectivity index (χ1n) is 12.1. The Balaban J connectivity index is 1.82. The molecule has 2 aliphatic rings. The molecule has 1 unspecified atom stereocenters. The van der Waals surface area contributed by atoms with E-state index < -0.39 is 12.0 Å². The summed E-state index contributed by atoms with van der Waals surface area (Å²) in [5.74, 6) is 0.592. The standard InChI is InChI=1S/C30H29N3O4/c1-4-37-28-8-6-5-7-24(28)20-9-11-21(12-10-20)29-25(18-31)27(32-19(2)30(34)35)17-22-13-14-23(36-3)15-16-26(22)33-29/h5-13,15-16,19,32H,4,14,17H2,1-3H3,(H,34,35). The Morgan fingerprint density at radius 2 is 1.89 bits per heavy atom. The van der Waals surface area contributed by atoms with E-state index in [2.05, 4.69) is 11.4 Å². The van der Waals surface area contributed by atoms with Gasteiger partial charge in [0.2, 0.25) is 0 Å². The quantitative estimate of drug-likeness (QED) is 0.499. The van der Waals surface area contributed by atoms with Crippen LogP contribution in [0, 0.1) is 11.3 Å². The van der Waals surface area contributed by atoms with Crippen molar-refractivity contribution in [2.45, 2.75) is 32.7 Å². The molecular formula is C30H29N3O4. The Morgan fingerprint density at radius 1 is 1.16 bits per heavy atom. The van der Waals surface area contributed by atoms with Gasteiger partial charge in [-0.3, -0.25) is 4.79 Å². The van der Waals surface area contributed by atoms with Crippen molar-refractivity contribution < 1.29 is 19.4 Å². The summed E-state index contributed by atoms with van der Waals surface area (Å²) < 4.78 is 11.2. The lowest BCUT2D eigenvalue weighted by molar-refractivity contribution is -0.138. The molecule has 0 spiro atoms. The highest BCUT2D eigenvalue weighted by Gasteiger charge is 2.25. The van der Waals surface area contributed by atoms with Crippen molar-refractivity contribution in [3.63, 3.8) is 0 Å². The Bertz CT molecular complexity index is 1390.